The summed E-state index contributed by atoms with van der Waals surface area (Å²) in [6, 6.07) is 10.1. The highest BCUT2D eigenvalue weighted by Crippen LogP contribution is 2.24. The van der Waals surface area contributed by atoms with Crippen LogP contribution in [-0.4, -0.2) is 9.55 Å². The van der Waals surface area contributed by atoms with Gasteiger partial charge < -0.3 is 0 Å². The molecule has 0 atom stereocenters. The van der Waals surface area contributed by atoms with Gasteiger partial charge in [-0.2, -0.15) is 0 Å². The van der Waals surface area contributed by atoms with Crippen molar-refractivity contribution in [1.82, 2.24) is 9.55 Å². The minimum absolute atomic E-state index is 0.0641. The second-order valence-electron chi connectivity index (χ2n) is 4.50. The largest absolute Gasteiger partial charge is 0.287 e. The van der Waals surface area contributed by atoms with E-state index in [1.54, 1.807) is 16.3 Å². The normalized spacial score (nSPS) is 11.1. The highest BCUT2D eigenvalue weighted by molar-refractivity contribution is 9.10. The van der Waals surface area contributed by atoms with Crippen LogP contribution in [-0.2, 0) is 12.3 Å². The molecule has 3 nitrogen and oxygen atoms in total. The maximum atomic E-state index is 12.4. The first-order valence-electron chi connectivity index (χ1n) is 6.54. The van der Waals surface area contributed by atoms with Crippen LogP contribution < -0.4 is 5.56 Å². The summed E-state index contributed by atoms with van der Waals surface area (Å²) in [7, 11) is 0. The molecule has 108 valence electrons. The van der Waals surface area contributed by atoms with Crippen LogP contribution in [0.15, 0.2) is 50.1 Å². The van der Waals surface area contributed by atoms with Gasteiger partial charge in [0.05, 0.1) is 5.52 Å². The Kier molecular flexibility index (Phi) is 4.47. The molecule has 0 N–H and O–H groups in total. The number of rotatable bonds is 4. The Labute approximate surface area is 139 Å². The van der Waals surface area contributed by atoms with E-state index in [-0.39, 0.29) is 5.56 Å². The number of hydrogen-bond donors (Lipinski definition) is 0. The summed E-state index contributed by atoms with van der Waals surface area (Å²) < 4.78 is 3.56. The number of hydrogen-bond acceptors (Lipinski definition) is 4. The van der Waals surface area contributed by atoms with Gasteiger partial charge in [0.2, 0.25) is 0 Å². The van der Waals surface area contributed by atoms with E-state index in [0.29, 0.717) is 6.54 Å². The van der Waals surface area contributed by atoms with E-state index in [9.17, 15) is 4.79 Å². The monoisotopic (exact) mass is 380 g/mol. The van der Waals surface area contributed by atoms with Gasteiger partial charge in [0.1, 0.15) is 4.70 Å². The summed E-state index contributed by atoms with van der Waals surface area (Å²) >= 11 is 6.54. The van der Waals surface area contributed by atoms with Crippen molar-refractivity contribution >= 4 is 49.2 Å². The summed E-state index contributed by atoms with van der Waals surface area (Å²) in [5.41, 5.74) is 2.07. The minimum Gasteiger partial charge on any atom is -0.287 e. The topological polar surface area (TPSA) is 34.9 Å². The minimum atomic E-state index is 0.0641. The molecule has 0 amide bonds. The lowest BCUT2D eigenvalue weighted by atomic mass is 10.2. The number of benzene rings is 1. The third-order valence-corrected chi connectivity index (χ3v) is 5.54. The average Bonchev–Trinajstić information content (AvgIpc) is 2.94. The first-order chi connectivity index (χ1) is 10.2. The molecule has 6 heteroatoms. The summed E-state index contributed by atoms with van der Waals surface area (Å²) in [5.74, 6) is 0.793. The Morgan fingerprint density at radius 3 is 3.00 bits per heavy atom. The molecule has 2 aromatic heterocycles. The third kappa shape index (κ3) is 3.07. The first kappa shape index (κ1) is 14.8. The van der Waals surface area contributed by atoms with Gasteiger partial charge in [-0.1, -0.05) is 39.8 Å². The molecule has 3 aromatic rings. The van der Waals surface area contributed by atoms with Crippen molar-refractivity contribution in [2.45, 2.75) is 24.4 Å². The maximum absolute atomic E-state index is 12.4. The Morgan fingerprint density at radius 1 is 1.38 bits per heavy atom. The fraction of sp³-hybridized carbons (Fsp3) is 0.200. The van der Waals surface area contributed by atoms with Crippen LogP contribution in [0.25, 0.3) is 10.2 Å². The van der Waals surface area contributed by atoms with Crippen LogP contribution >= 0.6 is 39.0 Å². The van der Waals surface area contributed by atoms with Gasteiger partial charge in [0, 0.05) is 16.8 Å². The molecule has 2 heterocycles. The molecule has 0 saturated carbocycles. The van der Waals surface area contributed by atoms with E-state index in [0.717, 1.165) is 25.6 Å². The quantitative estimate of drug-likeness (QED) is 0.492. The van der Waals surface area contributed by atoms with Crippen molar-refractivity contribution in [3.63, 3.8) is 0 Å². The van der Waals surface area contributed by atoms with Crippen LogP contribution in [0.3, 0.4) is 0 Å². The Morgan fingerprint density at radius 2 is 2.24 bits per heavy atom. The number of fused-ring (bicyclic) bond motifs is 1. The van der Waals surface area contributed by atoms with Gasteiger partial charge in [0.15, 0.2) is 5.16 Å². The van der Waals surface area contributed by atoms with Crippen LogP contribution in [0, 0.1) is 0 Å². The second-order valence-corrected chi connectivity index (χ2v) is 7.27. The molecule has 0 saturated heterocycles. The molecule has 0 unspecified atom stereocenters. The highest BCUT2D eigenvalue weighted by atomic mass is 79.9. The first-order valence-corrected chi connectivity index (χ1v) is 9.20. The molecule has 3 rings (SSSR count). The number of thiophene rings is 1. The maximum Gasteiger partial charge on any atom is 0.272 e. The molecule has 0 radical (unpaired) electrons. The molecule has 0 spiro atoms. The molecule has 0 aliphatic rings. The van der Waals surface area contributed by atoms with E-state index in [1.165, 1.54) is 16.9 Å². The Bertz CT molecular complexity index is 841. The van der Waals surface area contributed by atoms with Gasteiger partial charge >= 0.3 is 0 Å². The zero-order chi connectivity index (χ0) is 14.8. The van der Waals surface area contributed by atoms with E-state index < -0.39 is 0 Å². The zero-order valence-electron chi connectivity index (χ0n) is 11.4. The van der Waals surface area contributed by atoms with Crippen molar-refractivity contribution < 1.29 is 0 Å². The second kappa shape index (κ2) is 6.34. The molecule has 0 bridgehead atoms. The van der Waals surface area contributed by atoms with Crippen molar-refractivity contribution in [3.8, 4) is 0 Å². The molecule has 0 aliphatic heterocycles. The van der Waals surface area contributed by atoms with E-state index >= 15 is 0 Å². The lowest BCUT2D eigenvalue weighted by Gasteiger charge is -2.09. The number of nitrogens with zero attached hydrogens (tertiary/aromatic N) is 2. The Hall–Kier alpha value is -1.11. The van der Waals surface area contributed by atoms with Crippen molar-refractivity contribution in [2.75, 3.05) is 0 Å². The average molecular weight is 381 g/mol. The van der Waals surface area contributed by atoms with Gasteiger partial charge in [-0.15, -0.1) is 11.3 Å². The number of halogens is 1. The van der Waals surface area contributed by atoms with Crippen molar-refractivity contribution in [3.05, 3.63) is 56.1 Å². The molecule has 0 fully saturated rings. The SMILES string of the molecule is CCn1c(SCc2cccc(Br)c2)nc2ccsc2c1=O. The van der Waals surface area contributed by atoms with Gasteiger partial charge in [-0.3, -0.25) is 9.36 Å². The van der Waals surface area contributed by atoms with Crippen LogP contribution in [0.1, 0.15) is 12.5 Å². The smallest absolute Gasteiger partial charge is 0.272 e. The van der Waals surface area contributed by atoms with Gasteiger partial charge in [0.25, 0.3) is 5.56 Å². The zero-order valence-corrected chi connectivity index (χ0v) is 14.6. The van der Waals surface area contributed by atoms with E-state index in [1.807, 2.05) is 30.5 Å². The summed E-state index contributed by atoms with van der Waals surface area (Å²) in [4.78, 5) is 17.0. The molecule has 0 aliphatic carbocycles. The lowest BCUT2D eigenvalue weighted by molar-refractivity contribution is 0.635. The third-order valence-electron chi connectivity index (χ3n) is 3.10. The van der Waals surface area contributed by atoms with E-state index in [2.05, 4.69) is 33.0 Å². The van der Waals surface area contributed by atoms with Gasteiger partial charge in [-0.05, 0) is 36.1 Å². The molecular weight excluding hydrogens is 368 g/mol. The molecule has 21 heavy (non-hydrogen) atoms. The fourth-order valence-corrected chi connectivity index (χ4v) is 4.32. The Balaban J connectivity index is 1.94. The predicted molar refractivity (Wildman–Crippen MR) is 93.3 cm³/mol. The van der Waals surface area contributed by atoms with Crippen LogP contribution in [0.5, 0.6) is 0 Å². The lowest BCUT2D eigenvalue weighted by Crippen LogP contribution is -2.21. The number of aromatic nitrogens is 2. The highest BCUT2D eigenvalue weighted by Gasteiger charge is 2.11. The molecule has 1 aromatic carbocycles. The van der Waals surface area contributed by atoms with Gasteiger partial charge in [-0.25, -0.2) is 4.98 Å². The van der Waals surface area contributed by atoms with Crippen molar-refractivity contribution in [1.29, 1.82) is 0 Å². The summed E-state index contributed by atoms with van der Waals surface area (Å²) in [5, 5.41) is 2.70. The van der Waals surface area contributed by atoms with Crippen LogP contribution in [0.2, 0.25) is 0 Å². The summed E-state index contributed by atoms with van der Waals surface area (Å²) in [6.07, 6.45) is 0. The van der Waals surface area contributed by atoms with E-state index in [4.69, 9.17) is 0 Å². The predicted octanol–water partition coefficient (Wildman–Crippen LogP) is 4.53. The van der Waals surface area contributed by atoms with Crippen molar-refractivity contribution in [2.24, 2.45) is 0 Å². The standard InChI is InChI=1S/C15H13BrN2OS2/c1-2-18-14(19)13-12(6-7-20-13)17-15(18)21-9-10-4-3-5-11(16)8-10/h3-8H,2,9H2,1H3. The summed E-state index contributed by atoms with van der Waals surface area (Å²) in [6.45, 7) is 2.62. The number of thioether (sulfide) groups is 1. The fourth-order valence-electron chi connectivity index (χ4n) is 2.09. The van der Waals surface area contributed by atoms with Crippen LogP contribution in [0.4, 0.5) is 0 Å². The molecular formula is C15H13BrN2OS2.